The first-order chi connectivity index (χ1) is 11.4. The number of carbonyl (C=O) groups is 1. The van der Waals surface area contributed by atoms with Crippen LogP contribution in [0, 0.1) is 0 Å². The minimum Gasteiger partial charge on any atom is -0.459 e. The summed E-state index contributed by atoms with van der Waals surface area (Å²) in [5, 5.41) is -0.391. The van der Waals surface area contributed by atoms with Crippen molar-refractivity contribution in [2.45, 2.75) is 37.2 Å². The van der Waals surface area contributed by atoms with Crippen molar-refractivity contribution in [2.75, 3.05) is 6.26 Å². The number of benzene rings is 1. The first kappa shape index (κ1) is 16.8. The van der Waals surface area contributed by atoms with Gasteiger partial charge in [-0.3, -0.25) is 0 Å². The summed E-state index contributed by atoms with van der Waals surface area (Å²) in [6.45, 7) is 0.688. The Morgan fingerprint density at radius 1 is 1.21 bits per heavy atom. The molecule has 1 aromatic heterocycles. The largest absolute Gasteiger partial charge is 0.459 e. The van der Waals surface area contributed by atoms with Crippen molar-refractivity contribution < 1.29 is 17.9 Å². The van der Waals surface area contributed by atoms with Gasteiger partial charge in [0.2, 0.25) is 0 Å². The summed E-state index contributed by atoms with van der Waals surface area (Å²) in [7, 11) is -3.06. The highest BCUT2D eigenvalue weighted by Crippen LogP contribution is 2.27. The number of nitrogens with zero attached hydrogens (tertiary/aromatic N) is 1. The normalized spacial score (nSPS) is 20.9. The molecule has 24 heavy (non-hydrogen) atoms. The molecule has 0 saturated heterocycles. The number of esters is 1. The number of hydrogen-bond acceptors (Lipinski definition) is 4. The minimum atomic E-state index is -3.06. The lowest BCUT2D eigenvalue weighted by molar-refractivity contribution is 0.0318. The second-order valence-electron chi connectivity index (χ2n) is 6.35. The maximum absolute atomic E-state index is 12.2. The van der Waals surface area contributed by atoms with E-state index in [1.165, 1.54) is 6.26 Å². The van der Waals surface area contributed by atoms with Crippen molar-refractivity contribution in [3.05, 3.63) is 59.9 Å². The summed E-state index contributed by atoms with van der Waals surface area (Å²) in [6, 6.07) is 11.7. The van der Waals surface area contributed by atoms with Gasteiger partial charge in [-0.05, 0) is 24.5 Å². The lowest BCUT2D eigenvalue weighted by atomic mass is 10.2. The van der Waals surface area contributed by atoms with Crippen LogP contribution in [0.5, 0.6) is 0 Å². The van der Waals surface area contributed by atoms with Gasteiger partial charge in [0, 0.05) is 31.6 Å². The smallest absolute Gasteiger partial charge is 0.339 e. The number of rotatable bonds is 5. The first-order valence-corrected chi connectivity index (χ1v) is 9.97. The van der Waals surface area contributed by atoms with Gasteiger partial charge >= 0.3 is 5.97 Å². The second-order valence-corrected chi connectivity index (χ2v) is 8.68. The molecule has 1 fully saturated rings. The van der Waals surface area contributed by atoms with Crippen LogP contribution in [0.15, 0.2) is 48.8 Å². The van der Waals surface area contributed by atoms with E-state index >= 15 is 0 Å². The maximum atomic E-state index is 12.2. The third-order valence-corrected chi connectivity index (χ3v) is 6.05. The highest BCUT2D eigenvalue weighted by molar-refractivity contribution is 7.91. The Balaban J connectivity index is 1.58. The molecular weight excluding hydrogens is 326 g/mol. The number of sulfone groups is 1. The highest BCUT2D eigenvalue weighted by Gasteiger charge is 2.33. The predicted molar refractivity (Wildman–Crippen MR) is 91.7 cm³/mol. The lowest BCUT2D eigenvalue weighted by Gasteiger charge is -2.11. The third-order valence-electron chi connectivity index (χ3n) is 4.41. The molecule has 1 aliphatic carbocycles. The minimum absolute atomic E-state index is 0.310. The van der Waals surface area contributed by atoms with E-state index in [0.29, 0.717) is 31.4 Å². The molecule has 2 aromatic rings. The van der Waals surface area contributed by atoms with Gasteiger partial charge < -0.3 is 9.30 Å². The van der Waals surface area contributed by atoms with Crippen LogP contribution in [0.1, 0.15) is 35.2 Å². The van der Waals surface area contributed by atoms with E-state index in [-0.39, 0.29) is 12.1 Å². The lowest BCUT2D eigenvalue weighted by Crippen LogP contribution is -2.20. The fourth-order valence-corrected chi connectivity index (χ4v) is 4.20. The Kier molecular flexibility index (Phi) is 4.76. The summed E-state index contributed by atoms with van der Waals surface area (Å²) in [6.07, 6.45) is 6.10. The molecule has 0 N–H and O–H groups in total. The monoisotopic (exact) mass is 347 g/mol. The van der Waals surface area contributed by atoms with E-state index in [2.05, 4.69) is 0 Å². The van der Waals surface area contributed by atoms with Crippen LogP contribution in [0.2, 0.25) is 0 Å². The van der Waals surface area contributed by atoms with Gasteiger partial charge in [0.15, 0.2) is 0 Å². The van der Waals surface area contributed by atoms with Crippen LogP contribution in [-0.4, -0.2) is 36.6 Å². The first-order valence-electron chi connectivity index (χ1n) is 8.01. The molecule has 6 heteroatoms. The molecule has 0 aliphatic heterocycles. The Morgan fingerprint density at radius 2 is 1.96 bits per heavy atom. The van der Waals surface area contributed by atoms with Crippen molar-refractivity contribution in [1.29, 1.82) is 0 Å². The molecule has 1 aromatic carbocycles. The molecule has 5 nitrogen and oxygen atoms in total. The van der Waals surface area contributed by atoms with Crippen molar-refractivity contribution in [1.82, 2.24) is 4.57 Å². The van der Waals surface area contributed by atoms with Gasteiger partial charge in [0.1, 0.15) is 15.9 Å². The Bertz CT molecular complexity index is 811. The fourth-order valence-electron chi connectivity index (χ4n) is 3.07. The van der Waals surface area contributed by atoms with Crippen molar-refractivity contribution in [3.8, 4) is 0 Å². The van der Waals surface area contributed by atoms with Crippen LogP contribution in [0.25, 0.3) is 0 Å². The fraction of sp³-hybridized carbons (Fsp3) is 0.389. The summed E-state index contributed by atoms with van der Waals surface area (Å²) in [5.74, 6) is -0.388. The molecule has 1 aliphatic rings. The summed E-state index contributed by atoms with van der Waals surface area (Å²) >= 11 is 0. The highest BCUT2D eigenvalue weighted by atomic mass is 32.2. The van der Waals surface area contributed by atoms with E-state index in [0.717, 1.165) is 5.56 Å². The molecule has 1 heterocycles. The molecule has 0 bridgehead atoms. The van der Waals surface area contributed by atoms with Crippen LogP contribution in [0.4, 0.5) is 0 Å². The Labute approximate surface area is 142 Å². The average Bonchev–Trinajstić information content (AvgIpc) is 3.17. The number of carbonyl (C=O) groups excluding carboxylic acids is 1. The number of aromatic nitrogens is 1. The zero-order chi connectivity index (χ0) is 17.2. The van der Waals surface area contributed by atoms with Gasteiger partial charge in [-0.1, -0.05) is 30.3 Å². The maximum Gasteiger partial charge on any atom is 0.339 e. The molecule has 0 unspecified atom stereocenters. The van der Waals surface area contributed by atoms with Crippen LogP contribution in [0.3, 0.4) is 0 Å². The SMILES string of the molecule is CS(=O)(=O)[C@H]1CC[C@@H](OC(=O)c2ccn(Cc3ccccc3)c2)C1. The molecule has 2 atom stereocenters. The molecule has 0 spiro atoms. The summed E-state index contributed by atoms with van der Waals surface area (Å²) in [5.41, 5.74) is 1.65. The summed E-state index contributed by atoms with van der Waals surface area (Å²) < 4.78 is 30.5. The summed E-state index contributed by atoms with van der Waals surface area (Å²) in [4.78, 5) is 12.2. The zero-order valence-electron chi connectivity index (χ0n) is 13.6. The molecule has 0 amide bonds. The quantitative estimate of drug-likeness (QED) is 0.780. The Hall–Kier alpha value is -2.08. The van der Waals surface area contributed by atoms with Gasteiger partial charge in [0.05, 0.1) is 10.8 Å². The van der Waals surface area contributed by atoms with E-state index in [9.17, 15) is 13.2 Å². The standard InChI is InChI=1S/C18H21NO4S/c1-24(21,22)17-8-7-16(11-17)23-18(20)15-9-10-19(13-15)12-14-5-3-2-4-6-14/h2-6,9-10,13,16-17H,7-8,11-12H2,1H3/t16-,17+/m1/s1. The van der Waals surface area contributed by atoms with Crippen LogP contribution in [-0.2, 0) is 21.1 Å². The molecular formula is C18H21NO4S. The molecule has 128 valence electrons. The predicted octanol–water partition coefficient (Wildman–Crippen LogP) is 2.66. The zero-order valence-corrected chi connectivity index (χ0v) is 14.4. The van der Waals surface area contributed by atoms with Gasteiger partial charge in [-0.15, -0.1) is 0 Å². The molecule has 0 radical (unpaired) electrons. The van der Waals surface area contributed by atoms with Gasteiger partial charge in [-0.25, -0.2) is 13.2 Å². The molecule has 1 saturated carbocycles. The van der Waals surface area contributed by atoms with Crippen molar-refractivity contribution in [2.24, 2.45) is 0 Å². The van der Waals surface area contributed by atoms with E-state index < -0.39 is 15.1 Å². The Morgan fingerprint density at radius 3 is 2.62 bits per heavy atom. The number of ether oxygens (including phenoxy) is 1. The van der Waals surface area contributed by atoms with E-state index in [1.807, 2.05) is 41.1 Å². The van der Waals surface area contributed by atoms with Gasteiger partial charge in [0.25, 0.3) is 0 Å². The van der Waals surface area contributed by atoms with Crippen LogP contribution < -0.4 is 0 Å². The van der Waals surface area contributed by atoms with Crippen molar-refractivity contribution >= 4 is 15.8 Å². The molecule has 3 rings (SSSR count). The van der Waals surface area contributed by atoms with E-state index in [4.69, 9.17) is 4.74 Å². The third kappa shape index (κ3) is 4.06. The van der Waals surface area contributed by atoms with E-state index in [1.54, 1.807) is 12.3 Å². The average molecular weight is 347 g/mol. The van der Waals surface area contributed by atoms with Gasteiger partial charge in [-0.2, -0.15) is 0 Å². The van der Waals surface area contributed by atoms with Crippen LogP contribution >= 0.6 is 0 Å². The van der Waals surface area contributed by atoms with Crippen molar-refractivity contribution in [3.63, 3.8) is 0 Å². The topological polar surface area (TPSA) is 65.4 Å². The number of hydrogen-bond donors (Lipinski definition) is 0. The second kappa shape index (κ2) is 6.81.